The van der Waals surface area contributed by atoms with Gasteiger partial charge in [0, 0.05) is 6.54 Å². The van der Waals surface area contributed by atoms with E-state index in [4.69, 9.17) is 14.8 Å². The minimum Gasteiger partial charge on any atom is -0.361 e. The van der Waals surface area contributed by atoms with Gasteiger partial charge in [0.25, 0.3) is 0 Å². The minimum atomic E-state index is -3.17. The zero-order chi connectivity index (χ0) is 12.6. The van der Waals surface area contributed by atoms with Gasteiger partial charge >= 0.3 is 19.4 Å². The molecule has 7 nitrogen and oxygen atoms in total. The lowest BCUT2D eigenvalue weighted by Gasteiger charge is -2.16. The summed E-state index contributed by atoms with van der Waals surface area (Å²) in [6, 6.07) is 0. The van der Waals surface area contributed by atoms with E-state index in [-0.39, 0.29) is 25.9 Å². The summed E-state index contributed by atoms with van der Waals surface area (Å²) in [7, 11) is -3.17. The Balaban J connectivity index is 4.08. The largest absolute Gasteiger partial charge is 0.361 e. The van der Waals surface area contributed by atoms with E-state index in [1.807, 2.05) is 0 Å². The summed E-state index contributed by atoms with van der Waals surface area (Å²) in [5, 5.41) is 2.21. The second-order valence-electron chi connectivity index (χ2n) is 2.79. The molecule has 0 saturated carbocycles. The van der Waals surface area contributed by atoms with Crippen LogP contribution in [0.1, 0.15) is 13.8 Å². The lowest BCUT2D eigenvalue weighted by atomic mass is 10.5. The Morgan fingerprint density at radius 2 is 1.75 bits per heavy atom. The van der Waals surface area contributed by atoms with Gasteiger partial charge in [0.1, 0.15) is 0 Å². The maximum atomic E-state index is 11.9. The number of rotatable bonds is 7. The molecule has 0 aromatic rings. The highest BCUT2D eigenvalue weighted by atomic mass is 31.2. The predicted molar refractivity (Wildman–Crippen MR) is 57.9 cm³/mol. The van der Waals surface area contributed by atoms with Crippen LogP contribution in [0.3, 0.4) is 0 Å². The first-order valence-electron chi connectivity index (χ1n) is 4.91. The fourth-order valence-corrected chi connectivity index (χ4v) is 2.46. The Kier molecular flexibility index (Phi) is 6.96. The van der Waals surface area contributed by atoms with Crippen molar-refractivity contribution in [3.05, 3.63) is 0 Å². The van der Waals surface area contributed by atoms with Crippen molar-refractivity contribution < 1.29 is 23.2 Å². The van der Waals surface area contributed by atoms with Crippen molar-refractivity contribution in [3.63, 3.8) is 0 Å². The number of carbonyl (C=O) groups is 2. The molecule has 0 aliphatic heterocycles. The minimum absolute atomic E-state index is 0.00764. The number of hydrogen-bond donors (Lipinski definition) is 2. The highest BCUT2D eigenvalue weighted by Crippen LogP contribution is 2.47. The van der Waals surface area contributed by atoms with Gasteiger partial charge in [-0.1, -0.05) is 0 Å². The van der Waals surface area contributed by atoms with Crippen molar-refractivity contribution >= 4 is 19.4 Å². The summed E-state index contributed by atoms with van der Waals surface area (Å²) in [6.45, 7) is 3.89. The molecule has 0 unspecified atom stereocenters. The van der Waals surface area contributed by atoms with Gasteiger partial charge in [-0.2, -0.15) is 0 Å². The first kappa shape index (κ1) is 15.1. The number of nitrogens with two attached hydrogens (primary N) is 1. The zero-order valence-corrected chi connectivity index (χ0v) is 10.3. The highest BCUT2D eigenvalue weighted by molar-refractivity contribution is 7.53. The molecule has 0 aliphatic carbocycles. The van der Waals surface area contributed by atoms with E-state index < -0.39 is 19.4 Å². The number of carbonyl (C=O) groups excluding carboxylic acids is 2. The Labute approximate surface area is 94.2 Å². The van der Waals surface area contributed by atoms with Crippen LogP contribution in [0.15, 0.2) is 0 Å². The van der Waals surface area contributed by atoms with E-state index in [9.17, 15) is 14.2 Å². The lowest BCUT2D eigenvalue weighted by Crippen LogP contribution is -2.37. The van der Waals surface area contributed by atoms with Gasteiger partial charge in [-0.25, -0.2) is 0 Å². The fourth-order valence-electron chi connectivity index (χ4n) is 0.953. The van der Waals surface area contributed by atoms with Gasteiger partial charge in [-0.3, -0.25) is 14.2 Å². The summed E-state index contributed by atoms with van der Waals surface area (Å²) in [6.07, 6.45) is 0.00764. The average molecular weight is 252 g/mol. The first-order chi connectivity index (χ1) is 7.45. The van der Waals surface area contributed by atoms with Crippen LogP contribution in [0, 0.1) is 0 Å². The van der Waals surface area contributed by atoms with Crippen LogP contribution in [0.25, 0.3) is 0 Å². The summed E-state index contributed by atoms with van der Waals surface area (Å²) >= 11 is 0. The molecule has 8 heteroatoms. The molecule has 0 fully saturated rings. The number of primary amides is 1. The third-order valence-electron chi connectivity index (χ3n) is 1.55. The third-order valence-corrected chi connectivity index (χ3v) is 3.62. The molecule has 3 N–H and O–H groups in total. The SMILES string of the molecule is CCOP(=O)(CCNC(=O)C(N)=O)OCC. The zero-order valence-electron chi connectivity index (χ0n) is 9.39. The van der Waals surface area contributed by atoms with Gasteiger partial charge in [-0.05, 0) is 13.8 Å². The molecule has 0 heterocycles. The van der Waals surface area contributed by atoms with Gasteiger partial charge in [0.15, 0.2) is 0 Å². The Morgan fingerprint density at radius 3 is 2.12 bits per heavy atom. The van der Waals surface area contributed by atoms with Crippen LogP contribution in [0.5, 0.6) is 0 Å². The standard InChI is InChI=1S/C8H17N2O5P/c1-3-14-16(13,15-4-2)6-5-10-8(12)7(9)11/h3-6H2,1-2H3,(H2,9,11)(H,10,12). The summed E-state index contributed by atoms with van der Waals surface area (Å²) < 4.78 is 21.8. The molecule has 2 amide bonds. The van der Waals surface area contributed by atoms with Crippen molar-refractivity contribution in [2.75, 3.05) is 25.9 Å². The molecule has 0 saturated heterocycles. The molecule has 0 bridgehead atoms. The molecular formula is C8H17N2O5P. The van der Waals surface area contributed by atoms with Crippen molar-refractivity contribution in [1.82, 2.24) is 5.32 Å². The van der Waals surface area contributed by atoms with Crippen molar-refractivity contribution in [2.24, 2.45) is 5.73 Å². The van der Waals surface area contributed by atoms with Gasteiger partial charge in [-0.15, -0.1) is 0 Å². The van der Waals surface area contributed by atoms with Gasteiger partial charge in [0.2, 0.25) is 0 Å². The lowest BCUT2D eigenvalue weighted by molar-refractivity contribution is -0.137. The maximum absolute atomic E-state index is 11.9. The molecule has 0 atom stereocenters. The van der Waals surface area contributed by atoms with E-state index in [1.54, 1.807) is 13.8 Å². The third kappa shape index (κ3) is 5.85. The van der Waals surface area contributed by atoms with E-state index in [1.165, 1.54) is 0 Å². The van der Waals surface area contributed by atoms with Crippen LogP contribution >= 0.6 is 7.60 Å². The van der Waals surface area contributed by atoms with E-state index in [0.29, 0.717) is 0 Å². The maximum Gasteiger partial charge on any atom is 0.332 e. The van der Waals surface area contributed by atoms with E-state index in [0.717, 1.165) is 0 Å². The second kappa shape index (κ2) is 7.38. The molecule has 0 aromatic carbocycles. The smallest absolute Gasteiger partial charge is 0.332 e. The molecule has 94 valence electrons. The fraction of sp³-hybridized carbons (Fsp3) is 0.750. The Bertz CT molecular complexity index is 284. The predicted octanol–water partition coefficient (Wildman–Crippen LogP) is -0.146. The van der Waals surface area contributed by atoms with Crippen LogP contribution in [-0.2, 0) is 23.2 Å². The molecule has 0 spiro atoms. The van der Waals surface area contributed by atoms with Crippen LogP contribution in [-0.4, -0.2) is 37.7 Å². The van der Waals surface area contributed by atoms with E-state index >= 15 is 0 Å². The van der Waals surface area contributed by atoms with Gasteiger partial charge < -0.3 is 20.1 Å². The molecular weight excluding hydrogens is 235 g/mol. The molecule has 0 rings (SSSR count). The molecule has 0 aliphatic rings. The van der Waals surface area contributed by atoms with Crippen LogP contribution in [0.4, 0.5) is 0 Å². The monoisotopic (exact) mass is 252 g/mol. The summed E-state index contributed by atoms with van der Waals surface area (Å²) in [5.41, 5.74) is 4.72. The normalized spacial score (nSPS) is 11.1. The summed E-state index contributed by atoms with van der Waals surface area (Å²) in [5.74, 6) is -2.00. The highest BCUT2D eigenvalue weighted by Gasteiger charge is 2.23. The van der Waals surface area contributed by atoms with E-state index in [2.05, 4.69) is 5.32 Å². The van der Waals surface area contributed by atoms with Crippen molar-refractivity contribution in [2.45, 2.75) is 13.8 Å². The molecule has 16 heavy (non-hydrogen) atoms. The molecule has 0 radical (unpaired) electrons. The number of amides is 2. The van der Waals surface area contributed by atoms with Crippen LogP contribution < -0.4 is 11.1 Å². The second-order valence-corrected chi connectivity index (χ2v) is 4.98. The Morgan fingerprint density at radius 1 is 1.25 bits per heavy atom. The quantitative estimate of drug-likeness (QED) is 0.484. The van der Waals surface area contributed by atoms with Crippen molar-refractivity contribution in [1.29, 1.82) is 0 Å². The number of nitrogens with one attached hydrogen (secondary N) is 1. The Hall–Kier alpha value is -0.910. The first-order valence-corrected chi connectivity index (χ1v) is 6.63. The van der Waals surface area contributed by atoms with Crippen molar-refractivity contribution in [3.8, 4) is 0 Å². The van der Waals surface area contributed by atoms with Crippen LogP contribution in [0.2, 0.25) is 0 Å². The average Bonchev–Trinajstić information content (AvgIpc) is 2.17. The molecule has 0 aromatic heterocycles. The number of hydrogen-bond acceptors (Lipinski definition) is 5. The van der Waals surface area contributed by atoms with Gasteiger partial charge in [0.05, 0.1) is 19.4 Å². The summed E-state index contributed by atoms with van der Waals surface area (Å²) in [4.78, 5) is 21.2. The topological polar surface area (TPSA) is 108 Å².